The van der Waals surface area contributed by atoms with Crippen LogP contribution in [0.3, 0.4) is 0 Å². The first kappa shape index (κ1) is 23.6. The molecule has 9 nitrogen and oxygen atoms in total. The molecule has 0 spiro atoms. The minimum atomic E-state index is -1.81. The van der Waals surface area contributed by atoms with Gasteiger partial charge in [0.1, 0.15) is 29.0 Å². The normalized spacial score (nSPS) is 10.7. The average Bonchev–Trinajstić information content (AvgIpc) is 2.80. The zero-order chi connectivity index (χ0) is 23.3. The van der Waals surface area contributed by atoms with Crippen molar-refractivity contribution in [1.29, 1.82) is 10.5 Å². The number of nitrogens with zero attached hydrogens (tertiary/aromatic N) is 2. The highest BCUT2D eigenvalue weighted by Gasteiger charge is 2.27. The van der Waals surface area contributed by atoms with E-state index >= 15 is 0 Å². The molecule has 164 valence electrons. The molecule has 0 aliphatic heterocycles. The molecule has 0 amide bonds. The Labute approximate surface area is 185 Å². The van der Waals surface area contributed by atoms with Gasteiger partial charge in [0.2, 0.25) is 11.6 Å². The van der Waals surface area contributed by atoms with Crippen molar-refractivity contribution in [3.63, 3.8) is 0 Å². The zero-order valence-corrected chi connectivity index (χ0v) is 16.8. The van der Waals surface area contributed by atoms with Gasteiger partial charge in [-0.15, -0.1) is 8.67 Å². The maximum absolute atomic E-state index is 14.7. The molecule has 32 heavy (non-hydrogen) atoms. The fraction of sp³-hybridized carbons (Fsp3) is 0. The quantitative estimate of drug-likeness (QED) is 0.178. The summed E-state index contributed by atoms with van der Waals surface area (Å²) in [4.78, 5) is 0.631. The van der Waals surface area contributed by atoms with Crippen LogP contribution in [0.1, 0.15) is 11.1 Å². The Hall–Kier alpha value is -3.05. The summed E-state index contributed by atoms with van der Waals surface area (Å²) in [6.45, 7) is 0. The first-order valence-corrected chi connectivity index (χ1v) is 9.49. The van der Waals surface area contributed by atoms with Gasteiger partial charge < -0.3 is 4.74 Å². The number of halogens is 3. The molecule has 3 aromatic carbocycles. The number of hydrogen-bond donors (Lipinski definition) is 2. The van der Waals surface area contributed by atoms with Gasteiger partial charge in [-0.05, 0) is 35.7 Å². The van der Waals surface area contributed by atoms with Crippen LogP contribution in [-0.4, -0.2) is 10.5 Å². The van der Waals surface area contributed by atoms with Crippen molar-refractivity contribution in [2.75, 3.05) is 0 Å². The molecule has 14 heteroatoms. The molecule has 0 fully saturated rings. The van der Waals surface area contributed by atoms with E-state index in [1.165, 1.54) is 42.5 Å². The van der Waals surface area contributed by atoms with Gasteiger partial charge in [0.15, 0.2) is 11.6 Å². The van der Waals surface area contributed by atoms with Crippen molar-refractivity contribution in [3.8, 4) is 23.6 Å². The lowest BCUT2D eigenvalue weighted by atomic mass is 10.1. The third-order valence-corrected chi connectivity index (χ3v) is 5.03. The van der Waals surface area contributed by atoms with Crippen molar-refractivity contribution in [2.45, 2.75) is 9.79 Å². The fourth-order valence-electron chi connectivity index (χ4n) is 2.63. The zero-order valence-electron chi connectivity index (χ0n) is 15.2. The van der Waals surface area contributed by atoms with Gasteiger partial charge in [-0.3, -0.25) is 0 Å². The number of fused-ring (bicyclic) bond motifs is 1. The van der Waals surface area contributed by atoms with E-state index in [4.69, 9.17) is 25.8 Å². The van der Waals surface area contributed by atoms with Crippen molar-refractivity contribution >= 4 is 34.9 Å². The first-order chi connectivity index (χ1) is 15.4. The van der Waals surface area contributed by atoms with Crippen LogP contribution in [0, 0.1) is 40.1 Å². The highest BCUT2D eigenvalue weighted by molar-refractivity contribution is 7.94. The molecular formula is C18H7F3N2O7S2. The molecular weight excluding hydrogens is 477 g/mol. The Balaban J connectivity index is 2.17. The Morgan fingerprint density at radius 3 is 2.00 bits per heavy atom. The molecule has 3 aromatic rings. The maximum Gasteiger partial charge on any atom is 0.205 e. The van der Waals surface area contributed by atoms with Crippen molar-refractivity contribution in [2.24, 2.45) is 0 Å². The third-order valence-electron chi connectivity index (χ3n) is 3.90. The number of benzene rings is 3. The molecule has 0 heterocycles. The number of nitriles is 2. The first-order valence-electron chi connectivity index (χ1n) is 8.01. The highest BCUT2D eigenvalue weighted by atomic mass is 32.2. The van der Waals surface area contributed by atoms with Gasteiger partial charge in [0.25, 0.3) is 0 Å². The molecule has 0 unspecified atom stereocenters. The molecule has 0 aliphatic rings. The van der Waals surface area contributed by atoms with Gasteiger partial charge in [-0.25, -0.2) is 19.3 Å². The minimum Gasteiger partial charge on any atom is -0.450 e. The Kier molecular flexibility index (Phi) is 7.75. The van der Waals surface area contributed by atoms with Crippen LogP contribution in [-0.2, 0) is 18.7 Å². The summed E-state index contributed by atoms with van der Waals surface area (Å²) in [5.41, 5.74) is -2.11. The summed E-state index contributed by atoms with van der Waals surface area (Å²) in [6, 6.07) is 9.71. The Morgan fingerprint density at radius 2 is 1.38 bits per heavy atom. The predicted octanol–water partition coefficient (Wildman–Crippen LogP) is 5.65. The molecule has 0 aromatic heterocycles. The molecule has 3 rings (SSSR count). The summed E-state index contributed by atoms with van der Waals surface area (Å²) in [5.74, 6) is -6.55. The van der Waals surface area contributed by atoms with E-state index in [0.717, 1.165) is 0 Å². The molecule has 2 N–H and O–H groups in total. The smallest absolute Gasteiger partial charge is 0.205 e. The van der Waals surface area contributed by atoms with Crippen LogP contribution < -0.4 is 4.74 Å². The van der Waals surface area contributed by atoms with E-state index in [1.54, 1.807) is 0 Å². The molecule has 0 saturated carbocycles. The lowest BCUT2D eigenvalue weighted by Crippen LogP contribution is -2.04. The topological polar surface area (TPSA) is 134 Å². The summed E-state index contributed by atoms with van der Waals surface area (Å²) in [5, 5.41) is 42.3. The van der Waals surface area contributed by atoms with Crippen LogP contribution in [0.25, 0.3) is 10.8 Å². The van der Waals surface area contributed by atoms with Gasteiger partial charge in [0.05, 0.1) is 24.1 Å². The molecule has 0 bridgehead atoms. The van der Waals surface area contributed by atoms with Crippen LogP contribution in [0.5, 0.6) is 11.5 Å². The van der Waals surface area contributed by atoms with Gasteiger partial charge in [-0.2, -0.15) is 14.9 Å². The average molecular weight is 484 g/mol. The third kappa shape index (κ3) is 4.73. The van der Waals surface area contributed by atoms with E-state index in [1.807, 2.05) is 0 Å². The second-order valence-electron chi connectivity index (χ2n) is 5.60. The maximum atomic E-state index is 14.7. The van der Waals surface area contributed by atoms with E-state index < -0.39 is 34.3 Å². The standard InChI is InChI=1S/C18H7F3N2O7S2/c19-15-12(6-22)13(7-23)16(20)18(17(15)21)26-14-5-10(32-30-28-25)4-8-3-9(31-29-27-24)1-2-11(8)14/h1-5,24-25H. The van der Waals surface area contributed by atoms with Gasteiger partial charge in [-0.1, -0.05) is 10.1 Å². The van der Waals surface area contributed by atoms with Gasteiger partial charge >= 0.3 is 0 Å². The van der Waals surface area contributed by atoms with Gasteiger partial charge in [0, 0.05) is 15.2 Å². The van der Waals surface area contributed by atoms with Crippen LogP contribution in [0.15, 0.2) is 40.1 Å². The van der Waals surface area contributed by atoms with Crippen molar-refractivity contribution in [3.05, 3.63) is 58.9 Å². The Morgan fingerprint density at radius 1 is 0.781 bits per heavy atom. The van der Waals surface area contributed by atoms with E-state index in [-0.39, 0.29) is 16.0 Å². The second-order valence-corrected chi connectivity index (χ2v) is 7.15. The molecule has 0 aliphatic carbocycles. The van der Waals surface area contributed by atoms with E-state index in [9.17, 15) is 13.2 Å². The SMILES string of the molecule is N#Cc1c(F)c(F)c(Oc2cc(SOOO)cc3cc(SOOO)ccc23)c(F)c1C#N. The fourth-order valence-corrected chi connectivity index (χ4v) is 3.48. The summed E-state index contributed by atoms with van der Waals surface area (Å²) in [6.07, 6.45) is 0. The van der Waals surface area contributed by atoms with E-state index in [0.29, 0.717) is 34.4 Å². The summed E-state index contributed by atoms with van der Waals surface area (Å²) in [7, 11) is 0. The summed E-state index contributed by atoms with van der Waals surface area (Å²) < 4.78 is 57.4. The monoisotopic (exact) mass is 484 g/mol. The molecule has 0 radical (unpaired) electrons. The van der Waals surface area contributed by atoms with Crippen molar-refractivity contribution < 1.29 is 47.2 Å². The minimum absolute atomic E-state index is 0.201. The Bertz CT molecular complexity index is 1260. The number of hydrogen-bond acceptors (Lipinski definition) is 11. The van der Waals surface area contributed by atoms with Crippen molar-refractivity contribution in [1.82, 2.24) is 0 Å². The highest BCUT2D eigenvalue weighted by Crippen LogP contribution is 2.40. The predicted molar refractivity (Wildman–Crippen MR) is 101 cm³/mol. The lowest BCUT2D eigenvalue weighted by molar-refractivity contribution is -0.432. The largest absolute Gasteiger partial charge is 0.450 e. The number of ether oxygens (including phenoxy) is 1. The lowest BCUT2D eigenvalue weighted by Gasteiger charge is -2.14. The van der Waals surface area contributed by atoms with Crippen LogP contribution >= 0.6 is 24.1 Å². The molecule has 0 saturated heterocycles. The van der Waals surface area contributed by atoms with Crippen LogP contribution in [0.4, 0.5) is 13.2 Å². The second kappa shape index (κ2) is 10.5. The molecule has 0 atom stereocenters. The summed E-state index contributed by atoms with van der Waals surface area (Å²) >= 11 is 1.13. The number of rotatable bonds is 8. The van der Waals surface area contributed by atoms with E-state index in [2.05, 4.69) is 18.7 Å². The van der Waals surface area contributed by atoms with Crippen LogP contribution in [0.2, 0.25) is 0 Å².